The molecule has 2 N–H and O–H groups in total. The Kier molecular flexibility index (Phi) is 4.30. The predicted molar refractivity (Wildman–Crippen MR) is 56.5 cm³/mol. The zero-order chi connectivity index (χ0) is 14.1. The lowest BCUT2D eigenvalue weighted by atomic mass is 10.1. The van der Waals surface area contributed by atoms with Crippen LogP contribution < -0.4 is 10.5 Å². The Morgan fingerprint density at radius 2 is 1.78 bits per heavy atom. The Hall–Kier alpha value is -0.780. The van der Waals surface area contributed by atoms with Crippen molar-refractivity contribution in [2.45, 2.75) is 19.1 Å². The third-order valence-electron chi connectivity index (χ3n) is 1.78. The molecule has 0 aromatic carbocycles. The van der Waals surface area contributed by atoms with Crippen LogP contribution in [-0.2, 0) is 12.7 Å². The van der Waals surface area contributed by atoms with Gasteiger partial charge in [-0.3, -0.25) is 0 Å². The minimum absolute atomic E-state index is 0.281. The zero-order valence-corrected chi connectivity index (χ0v) is 10.5. The smallest absolute Gasteiger partial charge is 0.387 e. The Balaban J connectivity index is 3.39. The van der Waals surface area contributed by atoms with Crippen LogP contribution in [0.15, 0.2) is 6.07 Å². The minimum atomic E-state index is -5.13. The van der Waals surface area contributed by atoms with Crippen molar-refractivity contribution in [2.75, 3.05) is 0 Å². The van der Waals surface area contributed by atoms with E-state index in [0.717, 1.165) is 0 Å². The van der Waals surface area contributed by atoms with Gasteiger partial charge in [0.25, 0.3) is 0 Å². The molecule has 0 spiro atoms. The molecule has 1 aromatic rings. The van der Waals surface area contributed by atoms with Gasteiger partial charge in [-0.05, 0) is 28.7 Å². The summed E-state index contributed by atoms with van der Waals surface area (Å²) in [5.74, 6) is -1.18. The number of alkyl halides is 6. The molecule has 0 aliphatic carbocycles. The van der Waals surface area contributed by atoms with E-state index >= 15 is 0 Å². The largest absolute Gasteiger partial charge is 0.574 e. The van der Waals surface area contributed by atoms with Crippen LogP contribution in [0.2, 0.25) is 0 Å². The average Bonchev–Trinajstić information content (AvgIpc) is 2.12. The van der Waals surface area contributed by atoms with Gasteiger partial charge in [-0.1, -0.05) is 0 Å². The first kappa shape index (κ1) is 15.3. The van der Waals surface area contributed by atoms with Gasteiger partial charge in [-0.25, -0.2) is 4.98 Å². The first-order valence-electron chi connectivity index (χ1n) is 4.27. The second kappa shape index (κ2) is 5.07. The number of nitrogens with two attached hydrogens (primary N) is 1. The lowest BCUT2D eigenvalue weighted by molar-refractivity contribution is -0.276. The molecule has 0 unspecified atom stereocenters. The van der Waals surface area contributed by atoms with Crippen LogP contribution in [0.5, 0.6) is 5.88 Å². The standard InChI is InChI=1S/C8H5F6IN2O/c9-7(10,11)4-1-5(15)17-6(3(4)2-16)18-8(12,13)14/h1H,2,16H2. The van der Waals surface area contributed by atoms with E-state index in [1.807, 2.05) is 0 Å². The molecule has 0 saturated carbocycles. The summed E-state index contributed by atoms with van der Waals surface area (Å²) in [7, 11) is 0. The lowest BCUT2D eigenvalue weighted by Crippen LogP contribution is -2.22. The molecule has 0 bridgehead atoms. The van der Waals surface area contributed by atoms with E-state index in [4.69, 9.17) is 5.73 Å². The highest BCUT2D eigenvalue weighted by Gasteiger charge is 2.38. The van der Waals surface area contributed by atoms with Crippen LogP contribution >= 0.6 is 22.6 Å². The summed E-state index contributed by atoms with van der Waals surface area (Å²) in [6.45, 7) is -0.774. The molecule has 102 valence electrons. The van der Waals surface area contributed by atoms with E-state index in [-0.39, 0.29) is 3.70 Å². The van der Waals surface area contributed by atoms with Gasteiger partial charge < -0.3 is 10.5 Å². The van der Waals surface area contributed by atoms with E-state index in [9.17, 15) is 26.3 Å². The fraction of sp³-hybridized carbons (Fsp3) is 0.375. The van der Waals surface area contributed by atoms with Gasteiger partial charge in [0.1, 0.15) is 3.70 Å². The highest BCUT2D eigenvalue weighted by atomic mass is 127. The summed E-state index contributed by atoms with van der Waals surface area (Å²) in [5.41, 5.74) is 2.91. The van der Waals surface area contributed by atoms with Crippen LogP contribution in [-0.4, -0.2) is 11.3 Å². The average molecular weight is 386 g/mol. The molecule has 3 nitrogen and oxygen atoms in total. The van der Waals surface area contributed by atoms with Gasteiger partial charge in [0.2, 0.25) is 5.88 Å². The maximum Gasteiger partial charge on any atom is 0.574 e. The van der Waals surface area contributed by atoms with Gasteiger partial charge in [-0.2, -0.15) is 13.2 Å². The summed E-state index contributed by atoms with van der Waals surface area (Å²) >= 11 is 1.36. The fourth-order valence-electron chi connectivity index (χ4n) is 1.16. The van der Waals surface area contributed by atoms with Crippen molar-refractivity contribution in [3.63, 3.8) is 0 Å². The van der Waals surface area contributed by atoms with E-state index in [0.29, 0.717) is 6.07 Å². The molecule has 0 fully saturated rings. The summed E-state index contributed by atoms with van der Waals surface area (Å²) < 4.78 is 77.1. The summed E-state index contributed by atoms with van der Waals surface area (Å²) in [6.07, 6.45) is -9.97. The molecular weight excluding hydrogens is 381 g/mol. The van der Waals surface area contributed by atoms with E-state index in [1.165, 1.54) is 22.6 Å². The second-order valence-electron chi connectivity index (χ2n) is 3.03. The maximum atomic E-state index is 12.6. The molecule has 10 heteroatoms. The summed E-state index contributed by atoms with van der Waals surface area (Å²) in [6, 6.07) is 0.603. The molecule has 0 atom stereocenters. The highest BCUT2D eigenvalue weighted by Crippen LogP contribution is 2.37. The summed E-state index contributed by atoms with van der Waals surface area (Å²) in [4.78, 5) is 3.27. The normalized spacial score (nSPS) is 12.7. The number of nitrogens with zero attached hydrogens (tertiary/aromatic N) is 1. The molecule has 18 heavy (non-hydrogen) atoms. The number of pyridine rings is 1. The van der Waals surface area contributed by atoms with E-state index < -0.39 is 36.1 Å². The Labute approximate surface area is 110 Å². The first-order chi connectivity index (χ1) is 8.04. The summed E-state index contributed by atoms with van der Waals surface area (Å²) in [5, 5.41) is 0. The molecule has 0 aliphatic heterocycles. The van der Waals surface area contributed by atoms with E-state index in [2.05, 4.69) is 9.72 Å². The van der Waals surface area contributed by atoms with Crippen LogP contribution in [0, 0.1) is 3.70 Å². The topological polar surface area (TPSA) is 48.1 Å². The highest BCUT2D eigenvalue weighted by molar-refractivity contribution is 14.1. The van der Waals surface area contributed by atoms with Gasteiger partial charge in [0.15, 0.2) is 0 Å². The van der Waals surface area contributed by atoms with Gasteiger partial charge in [0.05, 0.1) is 5.56 Å². The zero-order valence-electron chi connectivity index (χ0n) is 8.36. The first-order valence-corrected chi connectivity index (χ1v) is 5.35. The number of aromatic nitrogens is 1. The van der Waals surface area contributed by atoms with Crippen LogP contribution in [0.4, 0.5) is 26.3 Å². The fourth-order valence-corrected chi connectivity index (χ4v) is 1.69. The number of hydrogen-bond acceptors (Lipinski definition) is 3. The molecule has 0 saturated heterocycles. The van der Waals surface area contributed by atoms with Crippen LogP contribution in [0.1, 0.15) is 11.1 Å². The molecule has 1 rings (SSSR count). The van der Waals surface area contributed by atoms with Crippen molar-refractivity contribution in [1.82, 2.24) is 4.98 Å². The van der Waals surface area contributed by atoms with Crippen molar-refractivity contribution < 1.29 is 31.1 Å². The van der Waals surface area contributed by atoms with Gasteiger partial charge >= 0.3 is 12.5 Å². The number of ether oxygens (including phenoxy) is 1. The lowest BCUT2D eigenvalue weighted by Gasteiger charge is -2.16. The molecule has 0 aliphatic rings. The number of rotatable bonds is 2. The van der Waals surface area contributed by atoms with Crippen molar-refractivity contribution in [2.24, 2.45) is 5.73 Å². The molecular formula is C8H5F6IN2O. The second-order valence-corrected chi connectivity index (χ2v) is 4.13. The Morgan fingerprint density at radius 3 is 2.17 bits per heavy atom. The monoisotopic (exact) mass is 386 g/mol. The third kappa shape index (κ3) is 3.86. The van der Waals surface area contributed by atoms with Crippen LogP contribution in [0.25, 0.3) is 0 Å². The maximum absolute atomic E-state index is 12.6. The van der Waals surface area contributed by atoms with Crippen molar-refractivity contribution in [3.05, 3.63) is 20.9 Å². The Morgan fingerprint density at radius 1 is 1.22 bits per heavy atom. The van der Waals surface area contributed by atoms with Crippen molar-refractivity contribution in [1.29, 1.82) is 0 Å². The SMILES string of the molecule is NCc1c(C(F)(F)F)cc(I)nc1OC(F)(F)F. The number of hydrogen-bond donors (Lipinski definition) is 1. The Bertz CT molecular complexity index is 444. The molecule has 0 amide bonds. The molecule has 0 radical (unpaired) electrons. The van der Waals surface area contributed by atoms with E-state index in [1.54, 1.807) is 0 Å². The molecule has 1 heterocycles. The quantitative estimate of drug-likeness (QED) is 0.483. The number of halogens is 7. The molecule has 1 aromatic heterocycles. The van der Waals surface area contributed by atoms with Crippen molar-refractivity contribution in [3.8, 4) is 5.88 Å². The van der Waals surface area contributed by atoms with Crippen molar-refractivity contribution >= 4 is 22.6 Å². The van der Waals surface area contributed by atoms with Crippen LogP contribution in [0.3, 0.4) is 0 Å². The van der Waals surface area contributed by atoms with Gasteiger partial charge in [-0.15, -0.1) is 13.2 Å². The third-order valence-corrected chi connectivity index (χ3v) is 2.33. The van der Waals surface area contributed by atoms with Gasteiger partial charge in [0, 0.05) is 12.1 Å². The predicted octanol–water partition coefficient (Wildman–Crippen LogP) is 3.06. The minimum Gasteiger partial charge on any atom is -0.387 e.